The van der Waals surface area contributed by atoms with Crippen LogP contribution in [0.4, 0.5) is 0 Å². The Labute approximate surface area is 152 Å². The maximum atomic E-state index is 9.61. The number of aliphatic hydroxyl groups excluding tert-OH is 1. The molecule has 136 valence electrons. The molecule has 0 radical (unpaired) electrons. The van der Waals surface area contributed by atoms with Crippen LogP contribution in [0.2, 0.25) is 0 Å². The van der Waals surface area contributed by atoms with Crippen LogP contribution in [0.5, 0.6) is 0 Å². The van der Waals surface area contributed by atoms with E-state index in [1.807, 2.05) is 23.1 Å². The lowest BCUT2D eigenvalue weighted by atomic mass is 10.1. The second kappa shape index (κ2) is 7.39. The standard InChI is InChI=1S/C19H24N6O/c1-15(26)19-14-25(22-21-19)16-6-10-23(11-7-16)13-18-5-3-9-24(18)17-4-2-8-20-12-17/h2-5,8-9,12,14-16,26H,6-7,10-11,13H2,1H3/t15-/m0/s1. The summed E-state index contributed by atoms with van der Waals surface area (Å²) in [6.07, 6.45) is 9.16. The van der Waals surface area contributed by atoms with Crippen molar-refractivity contribution in [2.75, 3.05) is 13.1 Å². The van der Waals surface area contributed by atoms with E-state index in [1.165, 1.54) is 5.69 Å². The summed E-state index contributed by atoms with van der Waals surface area (Å²) in [5, 5.41) is 17.9. The van der Waals surface area contributed by atoms with E-state index in [0.29, 0.717) is 11.7 Å². The molecule has 7 heteroatoms. The number of piperidine rings is 1. The lowest BCUT2D eigenvalue weighted by molar-refractivity contribution is 0.170. The van der Waals surface area contributed by atoms with E-state index < -0.39 is 6.10 Å². The minimum Gasteiger partial charge on any atom is -0.387 e. The molecule has 1 aliphatic rings. The maximum absolute atomic E-state index is 9.61. The molecule has 1 N–H and O–H groups in total. The van der Waals surface area contributed by atoms with E-state index in [1.54, 1.807) is 13.1 Å². The normalized spacial score (nSPS) is 17.5. The van der Waals surface area contributed by atoms with E-state index in [0.717, 1.165) is 38.2 Å². The van der Waals surface area contributed by atoms with Gasteiger partial charge in [0.15, 0.2) is 0 Å². The molecule has 0 bridgehead atoms. The molecule has 7 nitrogen and oxygen atoms in total. The maximum Gasteiger partial charge on any atom is 0.111 e. The highest BCUT2D eigenvalue weighted by Gasteiger charge is 2.23. The number of aromatic nitrogens is 5. The zero-order valence-electron chi connectivity index (χ0n) is 14.9. The second-order valence-corrected chi connectivity index (χ2v) is 6.89. The van der Waals surface area contributed by atoms with Crippen LogP contribution < -0.4 is 0 Å². The van der Waals surface area contributed by atoms with Crippen LogP contribution in [0.1, 0.15) is 43.3 Å². The van der Waals surface area contributed by atoms with E-state index in [4.69, 9.17) is 0 Å². The molecule has 1 saturated heterocycles. The van der Waals surface area contributed by atoms with Crippen LogP contribution in [-0.4, -0.2) is 47.6 Å². The van der Waals surface area contributed by atoms with Crippen molar-refractivity contribution >= 4 is 0 Å². The highest BCUT2D eigenvalue weighted by atomic mass is 16.3. The van der Waals surface area contributed by atoms with Crippen LogP contribution in [-0.2, 0) is 6.54 Å². The molecule has 3 aromatic heterocycles. The Morgan fingerprint density at radius 3 is 2.77 bits per heavy atom. The van der Waals surface area contributed by atoms with Crippen LogP contribution in [0.15, 0.2) is 49.1 Å². The predicted molar refractivity (Wildman–Crippen MR) is 97.8 cm³/mol. The van der Waals surface area contributed by atoms with Crippen LogP contribution in [0, 0.1) is 0 Å². The van der Waals surface area contributed by atoms with Crippen molar-refractivity contribution in [1.82, 2.24) is 29.4 Å². The molecular weight excluding hydrogens is 328 g/mol. The van der Waals surface area contributed by atoms with E-state index >= 15 is 0 Å². The topological polar surface area (TPSA) is 72.0 Å². The molecule has 1 fully saturated rings. The minimum atomic E-state index is -0.566. The van der Waals surface area contributed by atoms with E-state index in [2.05, 4.69) is 49.2 Å². The van der Waals surface area contributed by atoms with Gasteiger partial charge in [0, 0.05) is 37.7 Å². The molecule has 0 unspecified atom stereocenters. The lowest BCUT2D eigenvalue weighted by Crippen LogP contribution is -2.34. The largest absolute Gasteiger partial charge is 0.387 e. The number of aliphatic hydroxyl groups is 1. The number of hydrogen-bond acceptors (Lipinski definition) is 5. The quantitative estimate of drug-likeness (QED) is 0.763. The SMILES string of the molecule is C[C@H](O)c1cn(C2CCN(Cc3cccn3-c3cccnc3)CC2)nn1. The highest BCUT2D eigenvalue weighted by molar-refractivity contribution is 5.32. The van der Waals surface area contributed by atoms with Gasteiger partial charge in [0.25, 0.3) is 0 Å². The molecule has 4 rings (SSSR count). The minimum absolute atomic E-state index is 0.358. The Balaban J connectivity index is 1.38. The second-order valence-electron chi connectivity index (χ2n) is 6.89. The molecule has 0 aliphatic carbocycles. The van der Waals surface area contributed by atoms with Crippen LogP contribution >= 0.6 is 0 Å². The summed E-state index contributed by atoms with van der Waals surface area (Å²) >= 11 is 0. The van der Waals surface area contributed by atoms with Gasteiger partial charge < -0.3 is 9.67 Å². The molecule has 0 aromatic carbocycles. The van der Waals surface area contributed by atoms with Gasteiger partial charge in [-0.25, -0.2) is 4.68 Å². The van der Waals surface area contributed by atoms with Gasteiger partial charge in [-0.05, 0) is 44.0 Å². The first kappa shape index (κ1) is 16.9. The summed E-state index contributed by atoms with van der Waals surface area (Å²) in [5.41, 5.74) is 3.01. The molecule has 0 saturated carbocycles. The van der Waals surface area contributed by atoms with Crippen molar-refractivity contribution in [3.63, 3.8) is 0 Å². The number of likely N-dealkylation sites (tertiary alicyclic amines) is 1. The van der Waals surface area contributed by atoms with Gasteiger partial charge in [-0.2, -0.15) is 0 Å². The summed E-state index contributed by atoms with van der Waals surface area (Å²) in [5.74, 6) is 0. The van der Waals surface area contributed by atoms with Crippen molar-refractivity contribution < 1.29 is 5.11 Å². The fourth-order valence-electron chi connectivity index (χ4n) is 3.52. The first-order valence-corrected chi connectivity index (χ1v) is 9.09. The summed E-state index contributed by atoms with van der Waals surface area (Å²) in [4.78, 5) is 6.70. The molecule has 26 heavy (non-hydrogen) atoms. The van der Waals surface area contributed by atoms with E-state index in [-0.39, 0.29) is 0 Å². The Morgan fingerprint density at radius 2 is 2.08 bits per heavy atom. The Morgan fingerprint density at radius 1 is 1.23 bits per heavy atom. The summed E-state index contributed by atoms with van der Waals surface area (Å²) in [6, 6.07) is 8.65. The van der Waals surface area contributed by atoms with Gasteiger partial charge in [-0.15, -0.1) is 5.10 Å². The molecule has 1 aliphatic heterocycles. The highest BCUT2D eigenvalue weighted by Crippen LogP contribution is 2.24. The summed E-state index contributed by atoms with van der Waals surface area (Å²) in [7, 11) is 0. The van der Waals surface area contributed by atoms with Gasteiger partial charge >= 0.3 is 0 Å². The van der Waals surface area contributed by atoms with Crippen LogP contribution in [0.3, 0.4) is 0 Å². The number of pyridine rings is 1. The molecule has 0 spiro atoms. The van der Waals surface area contributed by atoms with Crippen LogP contribution in [0.25, 0.3) is 5.69 Å². The Hall–Kier alpha value is -2.51. The molecular formula is C19H24N6O. The smallest absolute Gasteiger partial charge is 0.111 e. The first-order valence-electron chi connectivity index (χ1n) is 9.09. The lowest BCUT2D eigenvalue weighted by Gasteiger charge is -2.32. The predicted octanol–water partition coefficient (Wildman–Crippen LogP) is 2.35. The zero-order valence-corrected chi connectivity index (χ0v) is 14.9. The number of nitrogens with zero attached hydrogens (tertiary/aromatic N) is 6. The number of hydrogen-bond donors (Lipinski definition) is 1. The van der Waals surface area contributed by atoms with Gasteiger partial charge in [-0.3, -0.25) is 9.88 Å². The Bertz CT molecular complexity index is 833. The third-order valence-corrected chi connectivity index (χ3v) is 5.03. The van der Waals surface area contributed by atoms with Crippen molar-refractivity contribution in [1.29, 1.82) is 0 Å². The number of rotatable bonds is 5. The van der Waals surface area contributed by atoms with Crippen molar-refractivity contribution in [2.24, 2.45) is 0 Å². The third kappa shape index (κ3) is 3.54. The summed E-state index contributed by atoms with van der Waals surface area (Å²) < 4.78 is 4.11. The first-order chi connectivity index (χ1) is 12.7. The van der Waals surface area contributed by atoms with E-state index in [9.17, 15) is 5.11 Å². The fraction of sp³-hybridized carbons (Fsp3) is 0.421. The average molecular weight is 352 g/mol. The van der Waals surface area contributed by atoms with Gasteiger partial charge in [0.1, 0.15) is 5.69 Å². The summed E-state index contributed by atoms with van der Waals surface area (Å²) in [6.45, 7) is 4.68. The average Bonchev–Trinajstić information content (AvgIpc) is 3.33. The molecule has 3 aromatic rings. The fourth-order valence-corrected chi connectivity index (χ4v) is 3.52. The van der Waals surface area contributed by atoms with Gasteiger partial charge in [-0.1, -0.05) is 5.21 Å². The van der Waals surface area contributed by atoms with Crippen molar-refractivity contribution in [2.45, 2.75) is 38.5 Å². The Kier molecular flexibility index (Phi) is 4.81. The van der Waals surface area contributed by atoms with Crippen molar-refractivity contribution in [3.05, 3.63) is 60.4 Å². The molecule has 4 heterocycles. The van der Waals surface area contributed by atoms with Crippen molar-refractivity contribution in [3.8, 4) is 5.69 Å². The zero-order chi connectivity index (χ0) is 17.9. The third-order valence-electron chi connectivity index (χ3n) is 5.03. The molecule has 1 atom stereocenters. The molecule has 0 amide bonds. The van der Waals surface area contributed by atoms with Gasteiger partial charge in [0.2, 0.25) is 0 Å². The van der Waals surface area contributed by atoms with Gasteiger partial charge in [0.05, 0.1) is 30.2 Å². The monoisotopic (exact) mass is 352 g/mol.